The Morgan fingerprint density at radius 1 is 1.39 bits per heavy atom. The molecule has 0 spiro atoms. The molecule has 0 fully saturated rings. The number of benzene rings is 1. The van der Waals surface area contributed by atoms with Crippen molar-refractivity contribution in [1.29, 1.82) is 0 Å². The van der Waals surface area contributed by atoms with Crippen LogP contribution >= 0.6 is 11.6 Å². The van der Waals surface area contributed by atoms with E-state index in [1.54, 1.807) is 20.8 Å². The number of hydrogen-bond donors (Lipinski definition) is 1. The van der Waals surface area contributed by atoms with Gasteiger partial charge in [0.2, 0.25) is 0 Å². The molecule has 0 aliphatic rings. The Morgan fingerprint density at radius 3 is 2.50 bits per heavy atom. The molecule has 0 saturated carbocycles. The second-order valence-corrected chi connectivity index (χ2v) is 5.09. The summed E-state index contributed by atoms with van der Waals surface area (Å²) in [7, 11) is 0. The maximum Gasteiger partial charge on any atom is 0.325 e. The highest BCUT2D eigenvalue weighted by Crippen LogP contribution is 2.26. The highest BCUT2D eigenvalue weighted by molar-refractivity contribution is 6.33. The van der Waals surface area contributed by atoms with Crippen molar-refractivity contribution in [2.24, 2.45) is 0 Å². The summed E-state index contributed by atoms with van der Waals surface area (Å²) < 4.78 is 31.2. The lowest BCUT2D eigenvalue weighted by molar-refractivity contribution is -0.152. The molecule has 0 aromatic heterocycles. The predicted octanol–water partition coefficient (Wildman–Crippen LogP) is 3.37. The second kappa shape index (κ2) is 5.52. The van der Waals surface area contributed by atoms with Crippen LogP contribution in [-0.4, -0.2) is 18.1 Å². The minimum absolute atomic E-state index is 0.121. The van der Waals surface area contributed by atoms with Crippen LogP contribution in [0.5, 0.6) is 0 Å². The fraction of sp³-hybridized carbons (Fsp3) is 0.417. The van der Waals surface area contributed by atoms with Crippen molar-refractivity contribution in [2.45, 2.75) is 26.4 Å². The molecule has 100 valence electrons. The minimum atomic E-state index is -0.858. The Morgan fingerprint density at radius 2 is 2.00 bits per heavy atom. The molecule has 0 saturated heterocycles. The molecular weight excluding hydrogens is 264 g/mol. The lowest BCUT2D eigenvalue weighted by Gasteiger charge is -2.20. The summed E-state index contributed by atoms with van der Waals surface area (Å²) >= 11 is 5.66. The van der Waals surface area contributed by atoms with Crippen LogP contribution in [0.4, 0.5) is 14.5 Å². The number of hydrogen-bond acceptors (Lipinski definition) is 3. The van der Waals surface area contributed by atoms with Crippen molar-refractivity contribution in [1.82, 2.24) is 0 Å². The molecule has 18 heavy (non-hydrogen) atoms. The molecule has 0 unspecified atom stereocenters. The molecule has 1 rings (SSSR count). The monoisotopic (exact) mass is 277 g/mol. The molecule has 1 N–H and O–H groups in total. The van der Waals surface area contributed by atoms with Crippen molar-refractivity contribution < 1.29 is 18.3 Å². The number of carbonyl (C=O) groups excluding carboxylic acids is 1. The topological polar surface area (TPSA) is 38.3 Å². The smallest absolute Gasteiger partial charge is 0.325 e. The molecule has 3 nitrogen and oxygen atoms in total. The van der Waals surface area contributed by atoms with E-state index in [9.17, 15) is 13.6 Å². The number of ether oxygens (including phenoxy) is 1. The third-order valence-corrected chi connectivity index (χ3v) is 2.13. The molecule has 1 aromatic carbocycles. The molecule has 0 aliphatic heterocycles. The molecule has 1 aromatic rings. The van der Waals surface area contributed by atoms with Crippen LogP contribution in [0, 0.1) is 11.6 Å². The van der Waals surface area contributed by atoms with Crippen molar-refractivity contribution in [3.05, 3.63) is 28.8 Å². The highest BCUT2D eigenvalue weighted by atomic mass is 35.5. The summed E-state index contributed by atoms with van der Waals surface area (Å²) in [6.07, 6.45) is 0. The van der Waals surface area contributed by atoms with Crippen molar-refractivity contribution in [2.75, 3.05) is 11.9 Å². The van der Waals surface area contributed by atoms with Crippen LogP contribution in [0.2, 0.25) is 5.02 Å². The first kappa shape index (κ1) is 14.7. The number of halogens is 3. The Kier molecular flexibility index (Phi) is 4.51. The summed E-state index contributed by atoms with van der Waals surface area (Å²) in [4.78, 5) is 11.4. The van der Waals surface area contributed by atoms with E-state index < -0.39 is 23.2 Å². The molecular formula is C12H14ClF2NO2. The Balaban J connectivity index is 2.67. The number of anilines is 1. The molecule has 0 bridgehead atoms. The van der Waals surface area contributed by atoms with Gasteiger partial charge < -0.3 is 10.1 Å². The quantitative estimate of drug-likeness (QED) is 0.861. The maximum atomic E-state index is 13.4. The average molecular weight is 278 g/mol. The summed E-state index contributed by atoms with van der Waals surface area (Å²) in [5, 5.41) is 2.35. The summed E-state index contributed by atoms with van der Waals surface area (Å²) in [5.74, 6) is -2.19. The van der Waals surface area contributed by atoms with Crippen LogP contribution < -0.4 is 5.32 Å². The van der Waals surface area contributed by atoms with Gasteiger partial charge in [-0.15, -0.1) is 0 Å². The van der Waals surface area contributed by atoms with Gasteiger partial charge in [0, 0.05) is 6.07 Å². The van der Waals surface area contributed by atoms with E-state index in [1.807, 2.05) is 0 Å². The lowest BCUT2D eigenvalue weighted by Crippen LogP contribution is -2.28. The SMILES string of the molecule is CC(C)(C)OC(=O)CNc1c(F)cc(F)cc1Cl. The lowest BCUT2D eigenvalue weighted by atomic mass is 10.2. The van der Waals surface area contributed by atoms with E-state index in [-0.39, 0.29) is 17.3 Å². The average Bonchev–Trinajstić information content (AvgIpc) is 2.12. The van der Waals surface area contributed by atoms with Gasteiger partial charge >= 0.3 is 5.97 Å². The first-order valence-corrected chi connectivity index (χ1v) is 5.67. The van der Waals surface area contributed by atoms with E-state index in [0.717, 1.165) is 6.07 Å². The van der Waals surface area contributed by atoms with Crippen LogP contribution in [-0.2, 0) is 9.53 Å². The number of nitrogens with one attached hydrogen (secondary N) is 1. The zero-order chi connectivity index (χ0) is 13.9. The number of carbonyl (C=O) groups is 1. The molecule has 0 atom stereocenters. The van der Waals surface area contributed by atoms with E-state index in [2.05, 4.69) is 5.32 Å². The highest BCUT2D eigenvalue weighted by Gasteiger charge is 2.17. The van der Waals surface area contributed by atoms with E-state index in [1.165, 1.54) is 0 Å². The standard InChI is InChI=1S/C12H14ClF2NO2/c1-12(2,3)18-10(17)6-16-11-8(13)4-7(14)5-9(11)15/h4-5,16H,6H2,1-3H3. The van der Waals surface area contributed by atoms with E-state index >= 15 is 0 Å². The molecule has 0 amide bonds. The molecule has 0 radical (unpaired) electrons. The van der Waals surface area contributed by atoms with Gasteiger partial charge in [-0.25, -0.2) is 8.78 Å². The molecule has 0 aliphatic carbocycles. The molecule has 0 heterocycles. The van der Waals surface area contributed by atoms with E-state index in [0.29, 0.717) is 6.07 Å². The predicted molar refractivity (Wildman–Crippen MR) is 65.7 cm³/mol. The van der Waals surface area contributed by atoms with Crippen molar-refractivity contribution in [3.8, 4) is 0 Å². The van der Waals surface area contributed by atoms with Gasteiger partial charge in [0.15, 0.2) is 5.82 Å². The third-order valence-electron chi connectivity index (χ3n) is 1.84. The van der Waals surface area contributed by atoms with Crippen LogP contribution in [0.1, 0.15) is 20.8 Å². The van der Waals surface area contributed by atoms with Gasteiger partial charge in [0.1, 0.15) is 18.0 Å². The van der Waals surface area contributed by atoms with Gasteiger partial charge in [-0.2, -0.15) is 0 Å². The molecule has 6 heteroatoms. The fourth-order valence-electron chi connectivity index (χ4n) is 1.25. The van der Waals surface area contributed by atoms with Crippen molar-refractivity contribution >= 4 is 23.3 Å². The number of rotatable bonds is 3. The largest absolute Gasteiger partial charge is 0.459 e. The Labute approximate surface area is 109 Å². The van der Waals surface area contributed by atoms with Crippen molar-refractivity contribution in [3.63, 3.8) is 0 Å². The van der Waals surface area contributed by atoms with Gasteiger partial charge in [0.25, 0.3) is 0 Å². The Hall–Kier alpha value is -1.36. The van der Waals surface area contributed by atoms with Gasteiger partial charge in [0.05, 0.1) is 10.7 Å². The summed E-state index contributed by atoms with van der Waals surface area (Å²) in [6.45, 7) is 4.91. The number of esters is 1. The fourth-order valence-corrected chi connectivity index (χ4v) is 1.51. The third kappa shape index (κ3) is 4.49. The minimum Gasteiger partial charge on any atom is -0.459 e. The van der Waals surface area contributed by atoms with Crippen LogP contribution in [0.25, 0.3) is 0 Å². The van der Waals surface area contributed by atoms with Crippen LogP contribution in [0.15, 0.2) is 12.1 Å². The summed E-state index contributed by atoms with van der Waals surface area (Å²) in [5.41, 5.74) is -0.742. The first-order chi connectivity index (χ1) is 8.19. The normalized spacial score (nSPS) is 11.2. The zero-order valence-electron chi connectivity index (χ0n) is 10.3. The van der Waals surface area contributed by atoms with Gasteiger partial charge in [-0.1, -0.05) is 11.6 Å². The van der Waals surface area contributed by atoms with E-state index in [4.69, 9.17) is 16.3 Å². The zero-order valence-corrected chi connectivity index (χ0v) is 11.1. The Bertz CT molecular complexity index is 435. The van der Waals surface area contributed by atoms with Crippen LogP contribution in [0.3, 0.4) is 0 Å². The maximum absolute atomic E-state index is 13.4. The first-order valence-electron chi connectivity index (χ1n) is 5.29. The van der Waals surface area contributed by atoms with Gasteiger partial charge in [-0.05, 0) is 26.8 Å². The second-order valence-electron chi connectivity index (χ2n) is 4.68. The van der Waals surface area contributed by atoms with Gasteiger partial charge in [-0.3, -0.25) is 4.79 Å². The summed E-state index contributed by atoms with van der Waals surface area (Å²) in [6, 6.07) is 1.64.